The molecule has 1 heterocycles. The van der Waals surface area contributed by atoms with Crippen molar-refractivity contribution >= 4 is 17.3 Å². The van der Waals surface area contributed by atoms with Crippen molar-refractivity contribution in [3.05, 3.63) is 22.2 Å². The predicted octanol–water partition coefficient (Wildman–Crippen LogP) is 2.42. The summed E-state index contributed by atoms with van der Waals surface area (Å²) in [6.07, 6.45) is 0. The Balaban J connectivity index is 2.18. The molecule has 1 aliphatic rings. The van der Waals surface area contributed by atoms with Gasteiger partial charge >= 0.3 is 5.69 Å². The molecule has 0 spiro atoms. The highest BCUT2D eigenvalue weighted by Gasteiger charge is 2.65. The van der Waals surface area contributed by atoms with Gasteiger partial charge in [0, 0.05) is 12.1 Å². The molecule has 1 aromatic rings. The molecule has 1 saturated carbocycles. The summed E-state index contributed by atoms with van der Waals surface area (Å²) in [5.74, 6) is 0.531. The Bertz CT molecular complexity index is 497. The van der Waals surface area contributed by atoms with Crippen LogP contribution in [0.2, 0.25) is 0 Å². The first-order valence-electron chi connectivity index (χ1n) is 5.85. The number of pyridine rings is 1. The number of anilines is 2. The van der Waals surface area contributed by atoms with Crippen LogP contribution >= 0.6 is 0 Å². The van der Waals surface area contributed by atoms with Crippen molar-refractivity contribution in [2.75, 3.05) is 11.1 Å². The van der Waals surface area contributed by atoms with E-state index < -0.39 is 4.92 Å². The molecule has 0 bridgehead atoms. The molecule has 0 saturated heterocycles. The molecular weight excluding hydrogens is 232 g/mol. The molecule has 1 aromatic heterocycles. The van der Waals surface area contributed by atoms with Gasteiger partial charge in [-0.05, 0) is 16.9 Å². The zero-order chi connectivity index (χ0) is 13.7. The summed E-state index contributed by atoms with van der Waals surface area (Å²) < 4.78 is 0. The minimum absolute atomic E-state index is 0.0544. The van der Waals surface area contributed by atoms with Crippen molar-refractivity contribution < 1.29 is 4.92 Å². The van der Waals surface area contributed by atoms with Gasteiger partial charge in [0.15, 0.2) is 0 Å². The fourth-order valence-electron chi connectivity index (χ4n) is 2.41. The van der Waals surface area contributed by atoms with E-state index in [1.165, 1.54) is 6.07 Å². The van der Waals surface area contributed by atoms with E-state index in [2.05, 4.69) is 38.0 Å². The lowest BCUT2D eigenvalue weighted by molar-refractivity contribution is -0.384. The lowest BCUT2D eigenvalue weighted by atomic mass is 10.0. The Morgan fingerprint density at radius 2 is 1.89 bits per heavy atom. The van der Waals surface area contributed by atoms with Crippen LogP contribution in [-0.2, 0) is 0 Å². The maximum Gasteiger partial charge on any atom is 0.311 e. The van der Waals surface area contributed by atoms with Gasteiger partial charge < -0.3 is 11.1 Å². The molecule has 0 atom stereocenters. The molecule has 3 N–H and O–H groups in total. The zero-order valence-electron chi connectivity index (χ0n) is 11.0. The Hall–Kier alpha value is -1.85. The summed E-state index contributed by atoms with van der Waals surface area (Å²) in [4.78, 5) is 14.1. The number of nitro groups is 1. The quantitative estimate of drug-likeness (QED) is 0.634. The van der Waals surface area contributed by atoms with Gasteiger partial charge in [-0.1, -0.05) is 27.7 Å². The van der Waals surface area contributed by atoms with E-state index in [0.717, 1.165) is 0 Å². The van der Waals surface area contributed by atoms with Crippen molar-refractivity contribution in [2.45, 2.75) is 33.7 Å². The van der Waals surface area contributed by atoms with E-state index in [-0.39, 0.29) is 22.3 Å². The Kier molecular flexibility index (Phi) is 2.50. The van der Waals surface area contributed by atoms with Crippen molar-refractivity contribution in [2.24, 2.45) is 10.8 Å². The van der Waals surface area contributed by atoms with Gasteiger partial charge in [0.1, 0.15) is 5.82 Å². The summed E-state index contributed by atoms with van der Waals surface area (Å²) in [5, 5.41) is 13.9. The van der Waals surface area contributed by atoms with Gasteiger partial charge in [0.25, 0.3) is 0 Å². The van der Waals surface area contributed by atoms with Gasteiger partial charge in [-0.25, -0.2) is 4.98 Å². The topological polar surface area (TPSA) is 94.1 Å². The van der Waals surface area contributed by atoms with Crippen LogP contribution in [0.3, 0.4) is 0 Å². The first kappa shape index (κ1) is 12.6. The van der Waals surface area contributed by atoms with Crippen LogP contribution in [0.1, 0.15) is 27.7 Å². The highest BCUT2D eigenvalue weighted by atomic mass is 16.6. The van der Waals surface area contributed by atoms with Crippen molar-refractivity contribution in [3.8, 4) is 0 Å². The molecule has 0 radical (unpaired) electrons. The number of nitrogen functional groups attached to an aromatic ring is 1. The van der Waals surface area contributed by atoms with E-state index in [0.29, 0.717) is 11.9 Å². The molecule has 98 valence electrons. The molecular formula is C12H18N4O2. The van der Waals surface area contributed by atoms with Crippen LogP contribution in [0, 0.1) is 20.9 Å². The Morgan fingerprint density at radius 1 is 1.33 bits per heavy atom. The van der Waals surface area contributed by atoms with E-state index in [9.17, 15) is 10.1 Å². The third-order valence-corrected chi connectivity index (χ3v) is 4.41. The predicted molar refractivity (Wildman–Crippen MR) is 70.3 cm³/mol. The van der Waals surface area contributed by atoms with Crippen LogP contribution in [0.5, 0.6) is 0 Å². The van der Waals surface area contributed by atoms with E-state index in [1.807, 2.05) is 0 Å². The first-order valence-corrected chi connectivity index (χ1v) is 5.85. The van der Waals surface area contributed by atoms with Crippen LogP contribution in [0.15, 0.2) is 12.1 Å². The number of nitrogens with zero attached hydrogens (tertiary/aromatic N) is 2. The summed E-state index contributed by atoms with van der Waals surface area (Å²) >= 11 is 0. The summed E-state index contributed by atoms with van der Waals surface area (Å²) in [7, 11) is 0. The van der Waals surface area contributed by atoms with Crippen molar-refractivity contribution in [3.63, 3.8) is 0 Å². The highest BCUT2D eigenvalue weighted by Crippen LogP contribution is 2.63. The lowest BCUT2D eigenvalue weighted by Crippen LogP contribution is -2.12. The fraction of sp³-hybridized carbons (Fsp3) is 0.583. The fourth-order valence-corrected chi connectivity index (χ4v) is 2.41. The van der Waals surface area contributed by atoms with E-state index >= 15 is 0 Å². The minimum Gasteiger partial charge on any atom is -0.378 e. The molecule has 1 fully saturated rings. The second kappa shape index (κ2) is 3.57. The maximum absolute atomic E-state index is 10.6. The number of hydrogen-bond acceptors (Lipinski definition) is 5. The molecule has 0 unspecified atom stereocenters. The van der Waals surface area contributed by atoms with Crippen LogP contribution in [-0.4, -0.2) is 15.9 Å². The second-order valence-electron chi connectivity index (χ2n) is 5.88. The summed E-state index contributed by atoms with van der Waals surface area (Å²) in [6, 6.07) is 3.27. The smallest absolute Gasteiger partial charge is 0.311 e. The van der Waals surface area contributed by atoms with Gasteiger partial charge in [-0.2, -0.15) is 0 Å². The molecule has 0 amide bonds. The molecule has 6 nitrogen and oxygen atoms in total. The van der Waals surface area contributed by atoms with Crippen LogP contribution < -0.4 is 11.1 Å². The van der Waals surface area contributed by atoms with Gasteiger partial charge in [0.05, 0.1) is 4.92 Å². The number of nitrogens with one attached hydrogen (secondary N) is 1. The summed E-state index contributed by atoms with van der Waals surface area (Å²) in [6.45, 7) is 8.72. The standard InChI is InChI=1S/C12H18N4O2/c1-11(2)10(12(11,3)4)15-8-6-5-7(16(17)18)9(13)14-8/h5-6,10H,1-4H3,(H3,13,14,15). The van der Waals surface area contributed by atoms with Gasteiger partial charge in [-0.3, -0.25) is 10.1 Å². The number of hydrogen-bond donors (Lipinski definition) is 2. The molecule has 18 heavy (non-hydrogen) atoms. The van der Waals surface area contributed by atoms with Crippen molar-refractivity contribution in [1.29, 1.82) is 0 Å². The number of aromatic nitrogens is 1. The van der Waals surface area contributed by atoms with Gasteiger partial charge in [0.2, 0.25) is 5.82 Å². The maximum atomic E-state index is 10.6. The molecule has 6 heteroatoms. The van der Waals surface area contributed by atoms with Crippen LogP contribution in [0.25, 0.3) is 0 Å². The van der Waals surface area contributed by atoms with Crippen molar-refractivity contribution in [1.82, 2.24) is 4.98 Å². The third kappa shape index (κ3) is 1.68. The molecule has 0 aromatic carbocycles. The summed E-state index contributed by atoms with van der Waals surface area (Å²) in [5.41, 5.74) is 5.75. The molecule has 1 aliphatic carbocycles. The minimum atomic E-state index is -0.531. The number of rotatable bonds is 3. The van der Waals surface area contributed by atoms with E-state index in [4.69, 9.17) is 5.73 Å². The average Bonchev–Trinajstić information content (AvgIpc) is 2.60. The molecule has 0 aliphatic heterocycles. The zero-order valence-corrected chi connectivity index (χ0v) is 11.0. The average molecular weight is 250 g/mol. The monoisotopic (exact) mass is 250 g/mol. The van der Waals surface area contributed by atoms with Crippen LogP contribution in [0.4, 0.5) is 17.3 Å². The SMILES string of the molecule is CC1(C)C(Nc2ccc([N+](=O)[O-])c(N)n2)C1(C)C. The number of nitrogens with two attached hydrogens (primary N) is 1. The third-order valence-electron chi connectivity index (χ3n) is 4.41. The van der Waals surface area contributed by atoms with E-state index in [1.54, 1.807) is 6.07 Å². The Morgan fingerprint density at radius 3 is 2.28 bits per heavy atom. The second-order valence-corrected chi connectivity index (χ2v) is 5.88. The largest absolute Gasteiger partial charge is 0.378 e. The molecule has 2 rings (SSSR count). The normalized spacial score (nSPS) is 20.4. The highest BCUT2D eigenvalue weighted by molar-refractivity contribution is 5.58. The Labute approximate surface area is 106 Å². The lowest BCUT2D eigenvalue weighted by Gasteiger charge is -2.07. The first-order chi connectivity index (χ1) is 8.18. The van der Waals surface area contributed by atoms with Gasteiger partial charge in [-0.15, -0.1) is 0 Å².